The predicted molar refractivity (Wildman–Crippen MR) is 76.0 cm³/mol. The molecule has 2 heterocycles. The molecule has 0 saturated carbocycles. The summed E-state index contributed by atoms with van der Waals surface area (Å²) in [5, 5.41) is 15.9. The molecule has 20 heavy (non-hydrogen) atoms. The average Bonchev–Trinajstić information content (AvgIpc) is 2.84. The van der Waals surface area contributed by atoms with Gasteiger partial charge in [-0.05, 0) is 0 Å². The molecule has 0 spiro atoms. The van der Waals surface area contributed by atoms with E-state index in [4.69, 9.17) is 16.7 Å². The molecule has 0 bridgehead atoms. The molecule has 108 valence electrons. The van der Waals surface area contributed by atoms with E-state index in [1.807, 2.05) is 17.8 Å². The van der Waals surface area contributed by atoms with E-state index in [1.54, 1.807) is 6.20 Å². The lowest BCUT2D eigenvalue weighted by Gasteiger charge is -2.09. The predicted octanol–water partition coefficient (Wildman–Crippen LogP) is 0.277. The molecule has 0 aliphatic rings. The Balaban J connectivity index is 2.02. The van der Waals surface area contributed by atoms with Crippen molar-refractivity contribution in [1.82, 2.24) is 19.3 Å². The molecule has 7 nitrogen and oxygen atoms in total. The molecule has 0 aliphatic heterocycles. The van der Waals surface area contributed by atoms with Crippen molar-refractivity contribution in [2.45, 2.75) is 13.0 Å². The molecule has 0 atom stereocenters. The number of imidazole rings is 1. The number of nitrogens with one attached hydrogen (secondary N) is 1. The zero-order valence-electron chi connectivity index (χ0n) is 11.1. The Hall–Kier alpha value is -1.86. The van der Waals surface area contributed by atoms with E-state index in [2.05, 4.69) is 15.4 Å². The maximum atomic E-state index is 11.8. The number of rotatable bonds is 6. The highest BCUT2D eigenvalue weighted by Gasteiger charge is 2.09. The van der Waals surface area contributed by atoms with Gasteiger partial charge in [0.1, 0.15) is 10.8 Å². The quantitative estimate of drug-likeness (QED) is 0.800. The number of nitrogens with zero attached hydrogens (tertiary/aromatic N) is 4. The van der Waals surface area contributed by atoms with Crippen molar-refractivity contribution in [2.24, 2.45) is 7.05 Å². The van der Waals surface area contributed by atoms with Gasteiger partial charge >= 0.3 is 0 Å². The van der Waals surface area contributed by atoms with Gasteiger partial charge in [-0.3, -0.25) is 4.79 Å². The first-order valence-corrected chi connectivity index (χ1v) is 6.58. The van der Waals surface area contributed by atoms with Crippen LogP contribution in [0.4, 0.5) is 5.69 Å². The molecule has 2 N–H and O–H groups in total. The van der Waals surface area contributed by atoms with Crippen LogP contribution in [0.15, 0.2) is 23.4 Å². The normalized spacial score (nSPS) is 10.8. The van der Waals surface area contributed by atoms with E-state index < -0.39 is 5.56 Å². The molecule has 2 rings (SSSR count). The Bertz CT molecular complexity index is 637. The van der Waals surface area contributed by atoms with Crippen LogP contribution in [0.3, 0.4) is 0 Å². The summed E-state index contributed by atoms with van der Waals surface area (Å²) in [6, 6.07) is 0. The van der Waals surface area contributed by atoms with Gasteiger partial charge in [0.05, 0.1) is 25.0 Å². The summed E-state index contributed by atoms with van der Waals surface area (Å²) in [5.41, 5.74) is 0.0720. The minimum atomic E-state index is -0.414. The topological polar surface area (TPSA) is 85.0 Å². The Morgan fingerprint density at radius 3 is 2.95 bits per heavy atom. The van der Waals surface area contributed by atoms with Crippen LogP contribution in [0.2, 0.25) is 5.02 Å². The Labute approximate surface area is 120 Å². The lowest BCUT2D eigenvalue weighted by Crippen LogP contribution is -2.26. The Morgan fingerprint density at radius 1 is 1.50 bits per heavy atom. The molecule has 0 fully saturated rings. The number of anilines is 1. The van der Waals surface area contributed by atoms with Gasteiger partial charge in [-0.25, -0.2) is 9.67 Å². The first kappa shape index (κ1) is 14.5. The molecule has 0 radical (unpaired) electrons. The highest BCUT2D eigenvalue weighted by molar-refractivity contribution is 6.32. The summed E-state index contributed by atoms with van der Waals surface area (Å²) in [5.74, 6) is 0.940. The van der Waals surface area contributed by atoms with E-state index in [0.29, 0.717) is 18.7 Å². The van der Waals surface area contributed by atoms with Gasteiger partial charge in [0.15, 0.2) is 0 Å². The second-order valence-electron chi connectivity index (χ2n) is 4.26. The first-order chi connectivity index (χ1) is 9.63. The third-order valence-electron chi connectivity index (χ3n) is 2.88. The number of aryl methyl sites for hydroxylation is 1. The van der Waals surface area contributed by atoms with Gasteiger partial charge in [-0.15, -0.1) is 0 Å². The summed E-state index contributed by atoms with van der Waals surface area (Å²) in [4.78, 5) is 16.0. The summed E-state index contributed by atoms with van der Waals surface area (Å²) < 4.78 is 3.06. The highest BCUT2D eigenvalue weighted by atomic mass is 35.5. The Kier molecular flexibility index (Phi) is 4.75. The van der Waals surface area contributed by atoms with E-state index in [-0.39, 0.29) is 18.2 Å². The second-order valence-corrected chi connectivity index (χ2v) is 4.63. The lowest BCUT2D eigenvalue weighted by molar-refractivity contribution is 0.266. The number of halogens is 1. The maximum Gasteiger partial charge on any atom is 0.287 e. The third-order valence-corrected chi connectivity index (χ3v) is 3.25. The lowest BCUT2D eigenvalue weighted by atomic mass is 10.3. The van der Waals surface area contributed by atoms with Crippen molar-refractivity contribution in [3.63, 3.8) is 0 Å². The fourth-order valence-corrected chi connectivity index (χ4v) is 2.00. The first-order valence-electron chi connectivity index (χ1n) is 6.20. The number of aliphatic hydroxyl groups excluding tert-OH is 1. The summed E-state index contributed by atoms with van der Waals surface area (Å²) in [6.45, 7) is 0.566. The van der Waals surface area contributed by atoms with Crippen molar-refractivity contribution in [3.8, 4) is 0 Å². The third kappa shape index (κ3) is 3.17. The molecule has 8 heteroatoms. The van der Waals surface area contributed by atoms with E-state index in [1.165, 1.54) is 6.20 Å². The molecular formula is C12H16ClN5O2. The number of hydrogen-bond acceptors (Lipinski definition) is 5. The summed E-state index contributed by atoms with van der Waals surface area (Å²) in [7, 11) is 1.92. The van der Waals surface area contributed by atoms with Crippen LogP contribution in [0.5, 0.6) is 0 Å². The van der Waals surface area contributed by atoms with Crippen molar-refractivity contribution in [1.29, 1.82) is 0 Å². The van der Waals surface area contributed by atoms with Crippen LogP contribution < -0.4 is 10.9 Å². The smallest absolute Gasteiger partial charge is 0.287 e. The van der Waals surface area contributed by atoms with Crippen LogP contribution in [0.1, 0.15) is 5.82 Å². The minimum absolute atomic E-state index is 0.0771. The highest BCUT2D eigenvalue weighted by Crippen LogP contribution is 2.14. The maximum absolute atomic E-state index is 11.8. The van der Waals surface area contributed by atoms with Crippen LogP contribution in [0, 0.1) is 0 Å². The van der Waals surface area contributed by atoms with Gasteiger partial charge in [0.25, 0.3) is 5.56 Å². The van der Waals surface area contributed by atoms with Gasteiger partial charge < -0.3 is 15.0 Å². The summed E-state index contributed by atoms with van der Waals surface area (Å²) >= 11 is 5.99. The molecule has 0 unspecified atom stereocenters. The number of aliphatic hydroxyl groups is 1. The molecule has 0 saturated heterocycles. The Morgan fingerprint density at radius 2 is 2.30 bits per heavy atom. The fraction of sp³-hybridized carbons (Fsp3) is 0.417. The number of hydrogen-bond donors (Lipinski definition) is 2. The van der Waals surface area contributed by atoms with Crippen molar-refractivity contribution >= 4 is 17.3 Å². The number of aromatic nitrogens is 4. The molecule has 0 aromatic carbocycles. The van der Waals surface area contributed by atoms with Gasteiger partial charge in [0, 0.05) is 32.4 Å². The van der Waals surface area contributed by atoms with E-state index in [9.17, 15) is 4.79 Å². The zero-order valence-corrected chi connectivity index (χ0v) is 11.8. The molecular weight excluding hydrogens is 282 g/mol. The molecule has 2 aromatic rings. The molecule has 2 aromatic heterocycles. The van der Waals surface area contributed by atoms with Crippen LogP contribution in [0.25, 0.3) is 0 Å². The second kappa shape index (κ2) is 6.53. The largest absolute Gasteiger partial charge is 0.394 e. The van der Waals surface area contributed by atoms with Crippen LogP contribution >= 0.6 is 11.6 Å². The molecule has 0 aliphatic carbocycles. The van der Waals surface area contributed by atoms with E-state index in [0.717, 1.165) is 10.5 Å². The van der Waals surface area contributed by atoms with Crippen molar-refractivity contribution in [2.75, 3.05) is 18.5 Å². The minimum Gasteiger partial charge on any atom is -0.394 e. The van der Waals surface area contributed by atoms with Crippen molar-refractivity contribution in [3.05, 3.63) is 39.8 Å². The standard InChI is InChI=1S/C12H16ClN5O2/c1-17-5-4-15-10(17)2-3-14-9-8-16-18(6-7-19)12(20)11(9)13/h4-5,8,14,19H,2-3,6-7H2,1H3. The SMILES string of the molecule is Cn1ccnc1CCNc1cnn(CCO)c(=O)c1Cl. The van der Waals surface area contributed by atoms with Gasteiger partial charge in [0.2, 0.25) is 0 Å². The van der Waals surface area contributed by atoms with Gasteiger partial charge in [-0.1, -0.05) is 11.6 Å². The monoisotopic (exact) mass is 297 g/mol. The average molecular weight is 298 g/mol. The zero-order chi connectivity index (χ0) is 14.5. The molecule has 0 amide bonds. The fourth-order valence-electron chi connectivity index (χ4n) is 1.79. The van der Waals surface area contributed by atoms with Crippen LogP contribution in [-0.2, 0) is 20.0 Å². The van der Waals surface area contributed by atoms with E-state index >= 15 is 0 Å². The van der Waals surface area contributed by atoms with Crippen LogP contribution in [-0.4, -0.2) is 37.6 Å². The van der Waals surface area contributed by atoms with Crippen molar-refractivity contribution < 1.29 is 5.11 Å². The summed E-state index contributed by atoms with van der Waals surface area (Å²) in [6.07, 6.45) is 5.80. The van der Waals surface area contributed by atoms with Gasteiger partial charge in [-0.2, -0.15) is 5.10 Å².